The summed E-state index contributed by atoms with van der Waals surface area (Å²) in [4.78, 5) is 0. The van der Waals surface area contributed by atoms with Crippen LogP contribution in [0.1, 0.15) is 68.2 Å². The van der Waals surface area contributed by atoms with Crippen LogP contribution in [0.5, 0.6) is 0 Å². The van der Waals surface area contributed by atoms with Crippen LogP contribution in [0, 0.1) is 35.5 Å². The Morgan fingerprint density at radius 2 is 0.649 bits per heavy atom. The van der Waals surface area contributed by atoms with Gasteiger partial charge < -0.3 is 0 Å². The van der Waals surface area contributed by atoms with E-state index in [1.54, 1.807) is 44.5 Å². The van der Waals surface area contributed by atoms with Gasteiger partial charge >= 0.3 is 0 Å². The van der Waals surface area contributed by atoms with Crippen LogP contribution in [-0.2, 0) is 0 Å². The summed E-state index contributed by atoms with van der Waals surface area (Å²) in [6.07, 6.45) is 2.55. The molecule has 6 bridgehead atoms. The molecule has 0 heterocycles. The molecule has 0 radical (unpaired) electrons. The fraction of sp³-hybridized carbons (Fsp3) is 0.278. The highest BCUT2D eigenvalue weighted by molar-refractivity contribution is 6.30. The summed E-state index contributed by atoms with van der Waals surface area (Å²) in [6.45, 7) is 0. The van der Waals surface area contributed by atoms with Crippen molar-refractivity contribution in [2.24, 2.45) is 35.5 Å². The lowest BCUT2D eigenvalue weighted by molar-refractivity contribution is -0.0497. The summed E-state index contributed by atoms with van der Waals surface area (Å²) in [5, 5.41) is 1.16. The van der Waals surface area contributed by atoms with E-state index in [-0.39, 0.29) is 0 Å². The number of hydrogen-bond donors (Lipinski definition) is 0. The Hall–Kier alpha value is -3.09. The average Bonchev–Trinajstić information content (AvgIpc) is 2.96. The van der Waals surface area contributed by atoms with Gasteiger partial charge in [0.1, 0.15) is 0 Å². The Balaban J connectivity index is 1.26. The lowest BCUT2D eigenvalue weighted by Gasteiger charge is -2.68. The molecule has 0 aliphatic heterocycles. The molecule has 0 nitrogen and oxygen atoms in total. The normalized spacial score (nSPS) is 38.0. The molecule has 2 unspecified atom stereocenters. The fourth-order valence-electron chi connectivity index (χ4n) is 10.8. The Morgan fingerprint density at radius 1 is 0.378 bits per heavy atom. The second kappa shape index (κ2) is 6.66. The summed E-state index contributed by atoms with van der Waals surface area (Å²) < 4.78 is 0. The zero-order valence-electron chi connectivity index (χ0n) is 20.5. The molecule has 6 atom stereocenters. The quantitative estimate of drug-likeness (QED) is 0.230. The van der Waals surface area contributed by atoms with Gasteiger partial charge in [0, 0.05) is 34.6 Å². The van der Waals surface area contributed by atoms with Crippen LogP contribution in [0.25, 0.3) is 0 Å². The molecule has 0 saturated heterocycles. The van der Waals surface area contributed by atoms with Gasteiger partial charge in [0.05, 0.1) is 0 Å². The number of hydrogen-bond acceptors (Lipinski definition) is 0. The van der Waals surface area contributed by atoms with Crippen molar-refractivity contribution in [1.29, 1.82) is 0 Å². The lowest BCUT2D eigenvalue weighted by Crippen LogP contribution is -2.61. The molecule has 9 aliphatic rings. The molecule has 4 aromatic carbocycles. The van der Waals surface area contributed by atoms with Crippen LogP contribution in [0.2, 0.25) is 0 Å². The van der Waals surface area contributed by atoms with Crippen molar-refractivity contribution >= 4 is 11.6 Å². The smallest absolute Gasteiger partial charge is 0.0181 e. The van der Waals surface area contributed by atoms with Crippen molar-refractivity contribution in [3.8, 4) is 0 Å². The number of halogens is 1. The van der Waals surface area contributed by atoms with E-state index in [4.69, 9.17) is 11.6 Å². The van der Waals surface area contributed by atoms with Gasteiger partial charge in [-0.15, -0.1) is 0 Å². The van der Waals surface area contributed by atoms with E-state index in [0.717, 1.165) is 5.03 Å². The fourth-order valence-corrected chi connectivity index (χ4v) is 11.2. The van der Waals surface area contributed by atoms with Gasteiger partial charge in [0.25, 0.3) is 0 Å². The minimum Gasteiger partial charge on any atom is -0.0892 e. The van der Waals surface area contributed by atoms with Gasteiger partial charge in [-0.05, 0) is 74.1 Å². The first-order chi connectivity index (χ1) is 18.3. The predicted molar refractivity (Wildman–Crippen MR) is 148 cm³/mol. The molecular weight excluding hydrogens is 468 g/mol. The van der Waals surface area contributed by atoms with Crippen molar-refractivity contribution in [1.82, 2.24) is 0 Å². The third-order valence-electron chi connectivity index (χ3n) is 11.5. The molecule has 0 spiro atoms. The van der Waals surface area contributed by atoms with Gasteiger partial charge in [-0.2, -0.15) is 0 Å². The van der Waals surface area contributed by atoms with Gasteiger partial charge in [-0.1, -0.05) is 115 Å². The van der Waals surface area contributed by atoms with Crippen molar-refractivity contribution in [2.75, 3.05) is 0 Å². The van der Waals surface area contributed by atoms with E-state index in [2.05, 4.69) is 103 Å². The van der Waals surface area contributed by atoms with Crippen molar-refractivity contribution in [2.45, 2.75) is 23.7 Å². The first-order valence-electron chi connectivity index (χ1n) is 14.1. The maximum Gasteiger partial charge on any atom is 0.0181 e. The molecule has 1 saturated carbocycles. The van der Waals surface area contributed by atoms with Gasteiger partial charge in [0.15, 0.2) is 0 Å². The molecule has 178 valence electrons. The van der Waals surface area contributed by atoms with Crippen LogP contribution in [0.3, 0.4) is 0 Å². The maximum atomic E-state index is 7.40. The van der Waals surface area contributed by atoms with Crippen molar-refractivity contribution in [3.05, 3.63) is 153 Å². The van der Waals surface area contributed by atoms with Crippen LogP contribution in [0.4, 0.5) is 0 Å². The summed E-state index contributed by atoms with van der Waals surface area (Å²) in [5.74, 6) is 5.19. The Bertz CT molecular complexity index is 1470. The zero-order chi connectivity index (χ0) is 24.0. The second-order valence-corrected chi connectivity index (χ2v) is 12.8. The van der Waals surface area contributed by atoms with E-state index < -0.39 is 0 Å². The van der Waals surface area contributed by atoms with Crippen molar-refractivity contribution in [3.63, 3.8) is 0 Å². The number of allylic oxidation sites excluding steroid dienone is 2. The second-order valence-electron chi connectivity index (χ2n) is 12.4. The molecule has 4 aromatic rings. The molecule has 0 N–H and O–H groups in total. The highest BCUT2D eigenvalue weighted by Crippen LogP contribution is 2.76. The van der Waals surface area contributed by atoms with E-state index in [1.807, 2.05) is 0 Å². The first kappa shape index (κ1) is 19.9. The van der Waals surface area contributed by atoms with Crippen LogP contribution >= 0.6 is 11.6 Å². The first-order valence-corrected chi connectivity index (χ1v) is 14.4. The summed E-state index contributed by atoms with van der Waals surface area (Å²) in [6, 6.07) is 37.5. The summed E-state index contributed by atoms with van der Waals surface area (Å²) in [5.41, 5.74) is 12.6. The third kappa shape index (κ3) is 2.15. The topological polar surface area (TPSA) is 0 Å². The lowest BCUT2D eigenvalue weighted by atomic mass is 9.35. The van der Waals surface area contributed by atoms with Gasteiger partial charge in [-0.25, -0.2) is 0 Å². The molecule has 9 aliphatic carbocycles. The zero-order valence-corrected chi connectivity index (χ0v) is 21.2. The highest BCUT2D eigenvalue weighted by Gasteiger charge is 2.68. The van der Waals surface area contributed by atoms with Gasteiger partial charge in [0.2, 0.25) is 0 Å². The molecular formula is C36H27Cl. The Morgan fingerprint density at radius 3 is 0.946 bits per heavy atom. The molecule has 1 fully saturated rings. The summed E-state index contributed by atoms with van der Waals surface area (Å²) in [7, 11) is 0. The standard InChI is InChI=1S/C36H27Cl/c37-27-17-26-32-28-18-9-1-5-13-22(18)30(23-14-6-2-10-19(23)28)35(32)34(27)36-31-24-15-7-3-11-20(24)29(33(26)36)21-12-4-8-16-25(21)31/h1-17,26,28-36H/t26?,28?,29?,30?,31?,32-,33-,34?,35-,36+/m1/s1. The molecule has 0 aromatic heterocycles. The minimum atomic E-state index is 0.421. The monoisotopic (exact) mass is 494 g/mol. The van der Waals surface area contributed by atoms with Gasteiger partial charge in [-0.3, -0.25) is 0 Å². The van der Waals surface area contributed by atoms with Crippen LogP contribution < -0.4 is 0 Å². The molecule has 37 heavy (non-hydrogen) atoms. The van der Waals surface area contributed by atoms with E-state index in [1.165, 1.54) is 0 Å². The minimum absolute atomic E-state index is 0.421. The third-order valence-corrected chi connectivity index (χ3v) is 11.9. The molecule has 1 heteroatoms. The van der Waals surface area contributed by atoms with Crippen LogP contribution in [-0.4, -0.2) is 0 Å². The number of benzene rings is 4. The summed E-state index contributed by atoms with van der Waals surface area (Å²) >= 11 is 7.40. The predicted octanol–water partition coefficient (Wildman–Crippen LogP) is 8.42. The molecule has 13 rings (SSSR count). The number of rotatable bonds is 0. The van der Waals surface area contributed by atoms with E-state index in [9.17, 15) is 0 Å². The van der Waals surface area contributed by atoms with Crippen LogP contribution in [0.15, 0.2) is 108 Å². The molecule has 0 amide bonds. The van der Waals surface area contributed by atoms with Crippen molar-refractivity contribution < 1.29 is 0 Å². The Labute approximate surface area is 223 Å². The average molecular weight is 495 g/mol. The highest BCUT2D eigenvalue weighted by atomic mass is 35.5. The largest absolute Gasteiger partial charge is 0.0892 e. The maximum absolute atomic E-state index is 7.40. The Kier molecular flexibility index (Phi) is 3.59. The SMILES string of the molecule is ClC1=CC2[C@@H]3C4c5ccccc5C(c5ccccc54)[C@@H]3C1[C@@H]1C3c4ccccc4C(c4ccccc43)[C@@H]21. The van der Waals surface area contributed by atoms with E-state index >= 15 is 0 Å². The van der Waals surface area contributed by atoms with E-state index in [0.29, 0.717) is 59.2 Å².